The summed E-state index contributed by atoms with van der Waals surface area (Å²) in [5, 5.41) is 15.4. The van der Waals surface area contributed by atoms with E-state index in [-0.39, 0.29) is 7.12 Å². The van der Waals surface area contributed by atoms with Crippen molar-refractivity contribution < 1.29 is 17.3 Å². The van der Waals surface area contributed by atoms with Crippen molar-refractivity contribution >= 4 is 40.9 Å². The summed E-state index contributed by atoms with van der Waals surface area (Å²) >= 11 is 1.82. The molecule has 0 amide bonds. The molecule has 3 aromatic heterocycles. The maximum absolute atomic E-state index is 4.57. The number of halogens is 1. The molecule has 0 saturated carbocycles. The van der Waals surface area contributed by atoms with Gasteiger partial charge in [-0.25, -0.2) is 15.3 Å². The standard InChI is InChI=1S/C22H19P.C9H9BN6.ClH.Ru/c1-19(20-11-5-2-6-12-20)17-18-23(21-13-7-3-8-14-21)22-15-9-4-10-16-22;1-4-11-14(7-1)10(15-8-2-5-12-15)16-9-3-6-13-16;;/h2-18H,1H2;1-9H;1H;/q;-1;;+2/p-1/b18-17-;;;. The van der Waals surface area contributed by atoms with Crippen molar-refractivity contribution in [1.29, 1.82) is 0 Å². The zero-order valence-electron chi connectivity index (χ0n) is 22.2. The van der Waals surface area contributed by atoms with E-state index in [9.17, 15) is 0 Å². The summed E-state index contributed by atoms with van der Waals surface area (Å²) in [4.78, 5) is 0. The second-order valence-corrected chi connectivity index (χ2v) is 10.6. The van der Waals surface area contributed by atoms with Crippen LogP contribution in [0.25, 0.3) is 5.57 Å². The van der Waals surface area contributed by atoms with Gasteiger partial charge in [0.2, 0.25) is 0 Å². The third-order valence-corrected chi connectivity index (χ3v) is 8.08. The smallest absolute Gasteiger partial charge is 0.260 e. The average molecular weight is 663 g/mol. The van der Waals surface area contributed by atoms with Crippen LogP contribution in [0.3, 0.4) is 0 Å². The van der Waals surface area contributed by atoms with Crippen LogP contribution in [0, 0.1) is 0 Å². The van der Waals surface area contributed by atoms with E-state index in [1.807, 2.05) is 72.3 Å². The van der Waals surface area contributed by atoms with Gasteiger partial charge >= 0.3 is 27.0 Å². The molecule has 3 heterocycles. The van der Waals surface area contributed by atoms with Crippen molar-refractivity contribution in [2.24, 2.45) is 0 Å². The third-order valence-electron chi connectivity index (χ3n) is 5.92. The van der Waals surface area contributed by atoms with Crippen molar-refractivity contribution in [2.75, 3.05) is 0 Å². The minimum absolute atomic E-state index is 0.194. The van der Waals surface area contributed by atoms with Gasteiger partial charge < -0.3 is 13.8 Å². The largest absolute Gasteiger partial charge is 0.425 e. The summed E-state index contributed by atoms with van der Waals surface area (Å²) < 4.78 is 5.38. The van der Waals surface area contributed by atoms with Crippen molar-refractivity contribution in [3.63, 3.8) is 0 Å². The van der Waals surface area contributed by atoms with Gasteiger partial charge in [-0.1, -0.05) is 109 Å². The van der Waals surface area contributed by atoms with E-state index in [0.29, 0.717) is 0 Å². The Hall–Kier alpha value is -3.82. The molecule has 0 fully saturated rings. The Bertz CT molecular complexity index is 1440. The first-order chi connectivity index (χ1) is 20.3. The van der Waals surface area contributed by atoms with E-state index in [2.05, 4.69) is 116 Å². The van der Waals surface area contributed by atoms with Crippen molar-refractivity contribution in [3.05, 3.63) is 170 Å². The third kappa shape index (κ3) is 8.58. The van der Waals surface area contributed by atoms with Gasteiger partial charge in [-0.15, -0.1) is 0 Å². The molecule has 0 spiro atoms. The van der Waals surface area contributed by atoms with Gasteiger partial charge in [0, 0.05) is 18.6 Å². The molecule has 10 heteroatoms. The normalized spacial score (nSPS) is 10.6. The minimum Gasteiger partial charge on any atom is -0.425 e. The van der Waals surface area contributed by atoms with E-state index >= 15 is 0 Å². The Morgan fingerprint density at radius 2 is 1.02 bits per heavy atom. The monoisotopic (exact) mass is 663 g/mol. The first kappa shape index (κ1) is 30.1. The molecule has 6 aromatic rings. The Labute approximate surface area is 256 Å². The van der Waals surface area contributed by atoms with Gasteiger partial charge in [-0.2, -0.15) is 0 Å². The molecule has 0 saturated heterocycles. The molecule has 3 aromatic carbocycles. The van der Waals surface area contributed by atoms with Crippen LogP contribution in [-0.4, -0.2) is 36.2 Å². The number of benzene rings is 3. The second-order valence-electron chi connectivity index (χ2n) is 8.55. The zero-order chi connectivity index (χ0) is 28.7. The zero-order valence-corrected chi connectivity index (χ0v) is 25.5. The fourth-order valence-corrected chi connectivity index (χ4v) is 5.98. The predicted molar refractivity (Wildman–Crippen MR) is 168 cm³/mol. The van der Waals surface area contributed by atoms with Gasteiger partial charge in [0.05, 0.1) is 0 Å². The number of aromatic nitrogens is 6. The fraction of sp³-hybridized carbons (Fsp3) is 0. The molecule has 6 rings (SSSR count). The van der Waals surface area contributed by atoms with E-state index in [0.717, 1.165) is 5.57 Å². The van der Waals surface area contributed by atoms with Crippen LogP contribution in [-0.2, 0) is 17.3 Å². The van der Waals surface area contributed by atoms with E-state index in [1.165, 1.54) is 16.2 Å². The molecule has 0 unspecified atom stereocenters. The van der Waals surface area contributed by atoms with Gasteiger partial charge in [0.1, 0.15) is 0 Å². The van der Waals surface area contributed by atoms with Crippen LogP contribution < -0.4 is 10.6 Å². The summed E-state index contributed by atoms with van der Waals surface area (Å²) in [5.74, 6) is 2.30. The van der Waals surface area contributed by atoms with Gasteiger partial charge in [-0.05, 0) is 66.5 Å². The van der Waals surface area contributed by atoms with Crippen LogP contribution in [0.15, 0.2) is 165 Å². The average Bonchev–Trinajstić information content (AvgIpc) is 3.86. The quantitative estimate of drug-likeness (QED) is 0.110. The molecule has 0 atom stereocenters. The molecule has 6 nitrogen and oxygen atoms in total. The summed E-state index contributed by atoms with van der Waals surface area (Å²) in [7, 11) is 3.86. The van der Waals surface area contributed by atoms with Crippen LogP contribution in [0.4, 0.5) is 0 Å². The molecule has 205 valence electrons. The molecule has 41 heavy (non-hydrogen) atoms. The molecule has 0 aliphatic rings. The van der Waals surface area contributed by atoms with Gasteiger partial charge in [0.15, 0.2) is 0 Å². The molecular formula is C31H28BClN6PRu. The van der Waals surface area contributed by atoms with Crippen LogP contribution in [0.1, 0.15) is 5.56 Å². The topological polar surface area (TPSA) is 53.5 Å². The second kappa shape index (κ2) is 16.4. The number of hydrogen-bond acceptors (Lipinski definition) is 3. The Morgan fingerprint density at radius 3 is 1.39 bits per heavy atom. The van der Waals surface area contributed by atoms with E-state index < -0.39 is 7.92 Å². The Morgan fingerprint density at radius 1 is 0.634 bits per heavy atom. The number of hydrogen-bond donors (Lipinski definition) is 0. The first-order valence-electron chi connectivity index (χ1n) is 12.7. The number of nitrogens with zero attached hydrogens (tertiary/aromatic N) is 6. The maximum Gasteiger partial charge on any atom is 0.260 e. The maximum atomic E-state index is 4.57. The number of rotatable bonds is 8. The summed E-state index contributed by atoms with van der Waals surface area (Å²) in [6.45, 7) is 4.21. The molecule has 1 radical (unpaired) electrons. The number of allylic oxidation sites excluding steroid dienone is 2. The molecule has 0 aliphatic carbocycles. The van der Waals surface area contributed by atoms with Crippen molar-refractivity contribution in [2.45, 2.75) is 0 Å². The van der Waals surface area contributed by atoms with Crippen molar-refractivity contribution in [1.82, 2.24) is 29.1 Å². The van der Waals surface area contributed by atoms with Crippen molar-refractivity contribution in [3.8, 4) is 0 Å². The minimum atomic E-state index is -0.515. The van der Waals surface area contributed by atoms with Gasteiger partial charge in [0.25, 0.3) is 7.12 Å². The molecule has 0 aliphatic heterocycles. The van der Waals surface area contributed by atoms with Crippen LogP contribution in [0.5, 0.6) is 0 Å². The predicted octanol–water partition coefficient (Wildman–Crippen LogP) is 6.24. The van der Waals surface area contributed by atoms with Crippen LogP contribution in [0.2, 0.25) is 0 Å². The van der Waals surface area contributed by atoms with Crippen LogP contribution >= 0.6 is 17.6 Å². The summed E-state index contributed by atoms with van der Waals surface area (Å²) in [5.41, 5.74) is 2.21. The van der Waals surface area contributed by atoms with E-state index in [4.69, 9.17) is 0 Å². The first-order valence-corrected chi connectivity index (χ1v) is 16.4. The molecule has 0 bridgehead atoms. The Balaban J connectivity index is 0.000000188. The summed E-state index contributed by atoms with van der Waals surface area (Å²) in [6, 6.07) is 37.3. The van der Waals surface area contributed by atoms with Gasteiger partial charge in [-0.3, -0.25) is 0 Å². The summed E-state index contributed by atoms with van der Waals surface area (Å²) in [6.07, 6.45) is 13.0. The SMILES string of the molecule is C=C(/C=C\P(c1ccccc1)c1ccccc1)c1ccccc1.[Cl][Ru+].c1cnn([B-](n2cccn2)n2cccn2)c1. The molecule has 0 N–H and O–H groups in total. The van der Waals surface area contributed by atoms with E-state index in [1.54, 1.807) is 32.4 Å². The Kier molecular flexibility index (Phi) is 12.1. The fourth-order valence-electron chi connectivity index (χ4n) is 4.03. The molecular weight excluding hydrogens is 635 g/mol.